The highest BCUT2D eigenvalue weighted by atomic mass is 16.3. The van der Waals surface area contributed by atoms with Crippen LogP contribution in [0.1, 0.15) is 35.9 Å². The number of aryl methyl sites for hydroxylation is 1. The molecule has 0 saturated heterocycles. The van der Waals surface area contributed by atoms with Gasteiger partial charge in [-0.05, 0) is 50.8 Å². The van der Waals surface area contributed by atoms with Gasteiger partial charge >= 0.3 is 0 Å². The molecule has 1 heterocycles. The number of carbonyl (C=O) groups is 2. The predicted molar refractivity (Wildman–Crippen MR) is 99.1 cm³/mol. The van der Waals surface area contributed by atoms with Crippen molar-refractivity contribution in [2.24, 2.45) is 11.7 Å². The van der Waals surface area contributed by atoms with Crippen LogP contribution in [0, 0.1) is 12.8 Å². The zero-order valence-corrected chi connectivity index (χ0v) is 15.3. The second-order valence-corrected chi connectivity index (χ2v) is 7.35. The molecule has 4 N–H and O–H groups in total. The van der Waals surface area contributed by atoms with Crippen LogP contribution in [0.15, 0.2) is 22.6 Å². The Morgan fingerprint density at radius 2 is 2.12 bits per heavy atom. The van der Waals surface area contributed by atoms with Gasteiger partial charge in [-0.25, -0.2) is 0 Å². The molecule has 26 heavy (non-hydrogen) atoms. The lowest BCUT2D eigenvalue weighted by atomic mass is 10.0. The number of nitrogens with zero attached hydrogens (tertiary/aromatic N) is 1. The van der Waals surface area contributed by atoms with Crippen molar-refractivity contribution in [3.63, 3.8) is 0 Å². The quantitative estimate of drug-likeness (QED) is 0.695. The van der Waals surface area contributed by atoms with E-state index in [0.717, 1.165) is 18.2 Å². The molecule has 0 bridgehead atoms. The van der Waals surface area contributed by atoms with Crippen LogP contribution in [0.5, 0.6) is 0 Å². The maximum Gasteiger partial charge on any atom is 0.256 e. The molecule has 1 aliphatic rings. The van der Waals surface area contributed by atoms with Gasteiger partial charge in [-0.3, -0.25) is 9.59 Å². The summed E-state index contributed by atoms with van der Waals surface area (Å²) in [6, 6.07) is 5.73. The number of furan rings is 1. The smallest absolute Gasteiger partial charge is 0.256 e. The molecule has 2 amide bonds. The minimum absolute atomic E-state index is 0.350. The number of hydrogen-bond donors (Lipinski definition) is 3. The summed E-state index contributed by atoms with van der Waals surface area (Å²) in [5, 5.41) is 12.6. The SMILES string of the molecule is Cc1oc2ccc(N(C)CC3CC3)cc2c1C(=O)N[C@@](C)(CO)C(N)=O. The van der Waals surface area contributed by atoms with Crippen molar-refractivity contribution in [2.75, 3.05) is 25.1 Å². The first-order chi connectivity index (χ1) is 12.2. The van der Waals surface area contributed by atoms with E-state index in [1.54, 1.807) is 6.92 Å². The Balaban J connectivity index is 1.95. The van der Waals surface area contributed by atoms with Crippen molar-refractivity contribution in [2.45, 2.75) is 32.2 Å². The molecule has 0 spiro atoms. The third-order valence-corrected chi connectivity index (χ3v) is 4.99. The Morgan fingerprint density at radius 3 is 2.69 bits per heavy atom. The van der Waals surface area contributed by atoms with E-state index in [9.17, 15) is 14.7 Å². The van der Waals surface area contributed by atoms with Crippen LogP contribution in [-0.2, 0) is 4.79 Å². The molecular weight excluding hydrogens is 334 g/mol. The molecule has 1 saturated carbocycles. The topological polar surface area (TPSA) is 109 Å². The van der Waals surface area contributed by atoms with Crippen LogP contribution >= 0.6 is 0 Å². The minimum Gasteiger partial charge on any atom is -0.461 e. The number of rotatable bonds is 7. The standard InChI is InChI=1S/C19H25N3O4/c1-11-16(17(24)21-19(2,10-23)18(20)25)14-8-13(6-7-15(14)26-11)22(3)9-12-4-5-12/h6-8,12,23H,4-5,9-10H2,1-3H3,(H2,20,25)(H,21,24)/t19-/m0/s1. The van der Waals surface area contributed by atoms with E-state index >= 15 is 0 Å². The van der Waals surface area contributed by atoms with E-state index < -0.39 is 24.0 Å². The number of anilines is 1. The Kier molecular flexibility index (Phi) is 4.66. The van der Waals surface area contributed by atoms with Gasteiger partial charge in [0.15, 0.2) is 0 Å². The fraction of sp³-hybridized carbons (Fsp3) is 0.474. The van der Waals surface area contributed by atoms with Gasteiger partial charge in [-0.2, -0.15) is 0 Å². The van der Waals surface area contributed by atoms with E-state index in [1.165, 1.54) is 19.8 Å². The lowest BCUT2D eigenvalue weighted by Crippen LogP contribution is -2.57. The molecule has 7 nitrogen and oxygen atoms in total. The molecule has 0 radical (unpaired) electrons. The fourth-order valence-electron chi connectivity index (χ4n) is 3.01. The third-order valence-electron chi connectivity index (χ3n) is 4.99. The zero-order valence-electron chi connectivity index (χ0n) is 15.3. The minimum atomic E-state index is -1.53. The molecule has 1 atom stereocenters. The van der Waals surface area contributed by atoms with Gasteiger partial charge in [0.05, 0.1) is 12.2 Å². The third kappa shape index (κ3) is 3.39. The van der Waals surface area contributed by atoms with Crippen molar-refractivity contribution < 1.29 is 19.1 Å². The van der Waals surface area contributed by atoms with Crippen LogP contribution in [0.25, 0.3) is 11.0 Å². The normalized spacial score (nSPS) is 16.3. The molecule has 140 valence electrons. The number of fused-ring (bicyclic) bond motifs is 1. The highest BCUT2D eigenvalue weighted by Crippen LogP contribution is 2.33. The molecule has 0 unspecified atom stereocenters. The molecular formula is C19H25N3O4. The number of nitrogens with two attached hydrogens (primary N) is 1. The lowest BCUT2D eigenvalue weighted by molar-refractivity contribution is -0.124. The second kappa shape index (κ2) is 6.64. The van der Waals surface area contributed by atoms with Crippen LogP contribution < -0.4 is 16.0 Å². The zero-order chi connectivity index (χ0) is 19.1. The summed E-state index contributed by atoms with van der Waals surface area (Å²) < 4.78 is 5.70. The van der Waals surface area contributed by atoms with Gasteiger partial charge in [-0.15, -0.1) is 0 Å². The molecule has 0 aliphatic heterocycles. The van der Waals surface area contributed by atoms with Gasteiger partial charge in [0, 0.05) is 24.7 Å². The highest BCUT2D eigenvalue weighted by molar-refractivity contribution is 6.09. The first kappa shape index (κ1) is 18.3. The maximum absolute atomic E-state index is 12.8. The number of aliphatic hydroxyl groups is 1. The number of hydrogen-bond acceptors (Lipinski definition) is 5. The Morgan fingerprint density at radius 1 is 1.42 bits per heavy atom. The number of aliphatic hydroxyl groups excluding tert-OH is 1. The summed E-state index contributed by atoms with van der Waals surface area (Å²) in [6.07, 6.45) is 2.52. The maximum atomic E-state index is 12.8. The van der Waals surface area contributed by atoms with Gasteiger partial charge in [0.25, 0.3) is 5.91 Å². The van der Waals surface area contributed by atoms with E-state index in [4.69, 9.17) is 10.2 Å². The van der Waals surface area contributed by atoms with E-state index in [-0.39, 0.29) is 0 Å². The van der Waals surface area contributed by atoms with Gasteiger partial charge in [0.1, 0.15) is 16.9 Å². The summed E-state index contributed by atoms with van der Waals surface area (Å²) in [5.74, 6) is -0.114. The largest absolute Gasteiger partial charge is 0.461 e. The van der Waals surface area contributed by atoms with Crippen molar-refractivity contribution in [1.29, 1.82) is 0 Å². The van der Waals surface area contributed by atoms with Crippen molar-refractivity contribution in [1.82, 2.24) is 5.32 Å². The highest BCUT2D eigenvalue weighted by Gasteiger charge is 2.34. The van der Waals surface area contributed by atoms with Crippen molar-refractivity contribution in [3.8, 4) is 0 Å². The fourth-order valence-corrected chi connectivity index (χ4v) is 3.01. The average molecular weight is 359 g/mol. The van der Waals surface area contributed by atoms with Gasteiger partial charge in [-0.1, -0.05) is 0 Å². The molecule has 1 aromatic heterocycles. The summed E-state index contributed by atoms with van der Waals surface area (Å²) in [4.78, 5) is 26.5. The van der Waals surface area contributed by atoms with Gasteiger partial charge < -0.3 is 25.5 Å². The average Bonchev–Trinajstić information content (AvgIpc) is 3.33. The molecule has 1 aromatic carbocycles. The number of nitrogens with one attached hydrogen (secondary N) is 1. The Bertz CT molecular complexity index is 856. The van der Waals surface area contributed by atoms with Gasteiger partial charge in [0.2, 0.25) is 5.91 Å². The van der Waals surface area contributed by atoms with Crippen LogP contribution in [0.4, 0.5) is 5.69 Å². The summed E-state index contributed by atoms with van der Waals surface area (Å²) >= 11 is 0. The van der Waals surface area contributed by atoms with E-state index in [0.29, 0.717) is 22.3 Å². The first-order valence-corrected chi connectivity index (χ1v) is 8.72. The van der Waals surface area contributed by atoms with E-state index in [2.05, 4.69) is 10.2 Å². The number of benzene rings is 1. The van der Waals surface area contributed by atoms with Crippen molar-refractivity contribution in [3.05, 3.63) is 29.5 Å². The second-order valence-electron chi connectivity index (χ2n) is 7.35. The summed E-state index contributed by atoms with van der Waals surface area (Å²) in [6.45, 7) is 3.48. The first-order valence-electron chi connectivity index (χ1n) is 8.72. The van der Waals surface area contributed by atoms with E-state index in [1.807, 2.05) is 25.2 Å². The molecule has 2 aromatic rings. The Labute approximate surface area is 152 Å². The van der Waals surface area contributed by atoms with Crippen LogP contribution in [-0.4, -0.2) is 42.7 Å². The summed E-state index contributed by atoms with van der Waals surface area (Å²) in [5.41, 5.74) is 5.72. The summed E-state index contributed by atoms with van der Waals surface area (Å²) in [7, 11) is 2.03. The van der Waals surface area contributed by atoms with Crippen LogP contribution in [0.3, 0.4) is 0 Å². The molecule has 1 fully saturated rings. The lowest BCUT2D eigenvalue weighted by Gasteiger charge is -2.24. The molecule has 7 heteroatoms. The monoisotopic (exact) mass is 359 g/mol. The molecule has 1 aliphatic carbocycles. The molecule has 3 rings (SSSR count). The number of primary amides is 1. The number of carbonyl (C=O) groups excluding carboxylic acids is 2. The Hall–Kier alpha value is -2.54. The number of amides is 2. The van der Waals surface area contributed by atoms with Crippen LogP contribution in [0.2, 0.25) is 0 Å². The predicted octanol–water partition coefficient (Wildman–Crippen LogP) is 1.55. The van der Waals surface area contributed by atoms with Crippen molar-refractivity contribution >= 4 is 28.5 Å².